The summed E-state index contributed by atoms with van der Waals surface area (Å²) in [7, 11) is 0. The standard InChI is InChI=1S/C93H173NO18/c1-3-5-7-9-11-13-15-17-19-21-23-25-27-29-31-33-35-36-37-38-39-40-41-43-45-47-49-51-53-55-57-59-61-63-65-67-69-71-81(99)94-76(77(98)70-68-66-64-62-60-58-56-54-52-50-48-46-44-42-34-32-30-28-26-24-22-20-18-16-14-12-10-8-6-4-2)75-107-91-87(105)84(102)89(79(73-96)109-91)112-93-88(106)85(103)90(80(74-97)110-93)111-92-86(104)83(101)82(100)78(72-95)108-92/h21,23,52,54,60,62,68,70,76-80,82-93,95-98,100-106H,3-20,22,24-51,53,55-59,61,63-67,69,71-75H2,1-2H3,(H,94,99)/b23-21-,54-52+,62-60+,70-68+. The lowest BCUT2D eigenvalue weighted by Crippen LogP contribution is -2.66. The Morgan fingerprint density at radius 1 is 0.312 bits per heavy atom. The summed E-state index contributed by atoms with van der Waals surface area (Å²) in [4.78, 5) is 13.5. The molecule has 19 heteroatoms. The van der Waals surface area contributed by atoms with Crippen molar-refractivity contribution in [2.45, 2.75) is 510 Å². The van der Waals surface area contributed by atoms with Crippen molar-refractivity contribution >= 4 is 5.91 Å². The van der Waals surface area contributed by atoms with Gasteiger partial charge in [-0.3, -0.25) is 4.79 Å². The molecule has 1 amide bonds. The lowest BCUT2D eigenvalue weighted by Gasteiger charge is -2.48. The van der Waals surface area contributed by atoms with Gasteiger partial charge in [0.2, 0.25) is 5.91 Å². The number of carbonyl (C=O) groups is 1. The highest BCUT2D eigenvalue weighted by Gasteiger charge is 2.54. The minimum absolute atomic E-state index is 0.236. The van der Waals surface area contributed by atoms with Gasteiger partial charge >= 0.3 is 0 Å². The Kier molecular flexibility index (Phi) is 67.5. The molecule has 17 atom stereocenters. The predicted molar refractivity (Wildman–Crippen MR) is 452 cm³/mol. The molecular weight excluding hydrogens is 1420 g/mol. The quantitative estimate of drug-likeness (QED) is 0.0199. The summed E-state index contributed by atoms with van der Waals surface area (Å²) in [6.07, 6.45) is 68.6. The third-order valence-electron chi connectivity index (χ3n) is 23.3. The molecule has 0 radical (unpaired) electrons. The number of nitrogens with one attached hydrogen (secondary N) is 1. The minimum Gasteiger partial charge on any atom is -0.394 e. The molecule has 17 unspecified atom stereocenters. The first-order valence-electron chi connectivity index (χ1n) is 46.9. The van der Waals surface area contributed by atoms with E-state index in [0.717, 1.165) is 44.9 Å². The van der Waals surface area contributed by atoms with E-state index >= 15 is 0 Å². The smallest absolute Gasteiger partial charge is 0.220 e. The zero-order chi connectivity index (χ0) is 81.0. The third-order valence-corrected chi connectivity index (χ3v) is 23.3. The summed E-state index contributed by atoms with van der Waals surface area (Å²) in [5.41, 5.74) is 0. The van der Waals surface area contributed by atoms with E-state index in [2.05, 4.69) is 55.6 Å². The molecule has 3 heterocycles. The molecule has 3 rings (SSSR count). The van der Waals surface area contributed by atoms with Gasteiger partial charge in [0, 0.05) is 6.42 Å². The molecule has 0 bridgehead atoms. The van der Waals surface area contributed by atoms with Crippen LogP contribution in [0.4, 0.5) is 0 Å². The molecule has 3 fully saturated rings. The monoisotopic (exact) mass is 1590 g/mol. The fourth-order valence-corrected chi connectivity index (χ4v) is 15.9. The number of carbonyl (C=O) groups excluding carboxylic acids is 1. The maximum Gasteiger partial charge on any atom is 0.220 e. The molecule has 0 aromatic carbocycles. The van der Waals surface area contributed by atoms with Gasteiger partial charge in [-0.15, -0.1) is 0 Å². The Labute approximate surface area is 682 Å². The lowest BCUT2D eigenvalue weighted by molar-refractivity contribution is -0.379. The number of hydrogen-bond donors (Lipinski definition) is 12. The van der Waals surface area contributed by atoms with E-state index in [4.69, 9.17) is 28.4 Å². The molecule has 19 nitrogen and oxygen atoms in total. The van der Waals surface area contributed by atoms with E-state index < -0.39 is 124 Å². The molecule has 0 aromatic rings. The third kappa shape index (κ3) is 50.6. The number of allylic oxidation sites excluding steroid dienone is 7. The zero-order valence-electron chi connectivity index (χ0n) is 71.2. The Bertz CT molecular complexity index is 2200. The molecular formula is C93H173NO18. The summed E-state index contributed by atoms with van der Waals surface area (Å²) in [6, 6.07) is -0.998. The van der Waals surface area contributed by atoms with Crippen LogP contribution in [0.25, 0.3) is 0 Å². The number of aliphatic hydroxyl groups is 11. The van der Waals surface area contributed by atoms with Crippen LogP contribution >= 0.6 is 0 Å². The number of aliphatic hydroxyl groups excluding tert-OH is 11. The van der Waals surface area contributed by atoms with Crippen molar-refractivity contribution in [3.63, 3.8) is 0 Å². The van der Waals surface area contributed by atoms with Crippen molar-refractivity contribution in [2.24, 2.45) is 0 Å². The van der Waals surface area contributed by atoms with Crippen molar-refractivity contribution in [2.75, 3.05) is 26.4 Å². The van der Waals surface area contributed by atoms with Crippen molar-refractivity contribution < 1.29 is 89.4 Å². The van der Waals surface area contributed by atoms with Crippen molar-refractivity contribution in [3.05, 3.63) is 48.6 Å². The molecule has 3 aliphatic rings. The van der Waals surface area contributed by atoms with Crippen LogP contribution in [0.1, 0.15) is 406 Å². The summed E-state index contributed by atoms with van der Waals surface area (Å²) < 4.78 is 34.5. The van der Waals surface area contributed by atoms with Gasteiger partial charge in [0.15, 0.2) is 18.9 Å². The largest absolute Gasteiger partial charge is 0.394 e. The molecule has 0 saturated carbocycles. The molecule has 0 aromatic heterocycles. The fourth-order valence-electron chi connectivity index (χ4n) is 15.9. The van der Waals surface area contributed by atoms with Crippen LogP contribution in [0.15, 0.2) is 48.6 Å². The molecule has 112 heavy (non-hydrogen) atoms. The van der Waals surface area contributed by atoms with Gasteiger partial charge in [-0.05, 0) is 70.6 Å². The second-order valence-electron chi connectivity index (χ2n) is 33.5. The van der Waals surface area contributed by atoms with Crippen LogP contribution in [-0.4, -0.2) is 193 Å². The number of ether oxygens (including phenoxy) is 6. The van der Waals surface area contributed by atoms with E-state index in [0.29, 0.717) is 12.8 Å². The Balaban J connectivity index is 1.32. The number of amides is 1. The predicted octanol–water partition coefficient (Wildman–Crippen LogP) is 18.4. The van der Waals surface area contributed by atoms with Gasteiger partial charge in [0.25, 0.3) is 0 Å². The van der Waals surface area contributed by atoms with Gasteiger partial charge in [-0.25, -0.2) is 0 Å². The van der Waals surface area contributed by atoms with Crippen LogP contribution < -0.4 is 5.32 Å². The van der Waals surface area contributed by atoms with E-state index in [1.807, 2.05) is 6.08 Å². The number of rotatable bonds is 77. The minimum atomic E-state index is -1.98. The van der Waals surface area contributed by atoms with Crippen LogP contribution in [0.5, 0.6) is 0 Å². The van der Waals surface area contributed by atoms with E-state index in [9.17, 15) is 61.0 Å². The molecule has 658 valence electrons. The summed E-state index contributed by atoms with van der Waals surface area (Å²) >= 11 is 0. The molecule has 3 aliphatic heterocycles. The normalized spacial score (nSPS) is 25.1. The van der Waals surface area contributed by atoms with Gasteiger partial charge in [-0.1, -0.05) is 377 Å². The highest BCUT2D eigenvalue weighted by atomic mass is 16.8. The van der Waals surface area contributed by atoms with E-state index in [1.54, 1.807) is 6.08 Å². The van der Waals surface area contributed by atoms with Crippen molar-refractivity contribution in [3.8, 4) is 0 Å². The molecule has 0 aliphatic carbocycles. The van der Waals surface area contributed by atoms with Gasteiger partial charge in [0.05, 0.1) is 38.6 Å². The average Bonchev–Trinajstić information content (AvgIpc) is 0.781. The Hall–Kier alpha value is -2.25. The summed E-state index contributed by atoms with van der Waals surface area (Å²) in [5, 5.41) is 121. The van der Waals surface area contributed by atoms with Gasteiger partial charge in [-0.2, -0.15) is 0 Å². The molecule has 12 N–H and O–H groups in total. The number of unbranched alkanes of at least 4 members (excludes halogenated alkanes) is 55. The topological polar surface area (TPSA) is 307 Å². The first-order chi connectivity index (χ1) is 54.8. The lowest BCUT2D eigenvalue weighted by atomic mass is 9.96. The summed E-state index contributed by atoms with van der Waals surface area (Å²) in [6.45, 7) is 1.78. The Morgan fingerprint density at radius 2 is 0.571 bits per heavy atom. The average molecular weight is 1590 g/mol. The van der Waals surface area contributed by atoms with E-state index in [-0.39, 0.29) is 18.9 Å². The van der Waals surface area contributed by atoms with Crippen LogP contribution in [0, 0.1) is 0 Å². The second kappa shape index (κ2) is 72.7. The Morgan fingerprint density at radius 3 is 0.893 bits per heavy atom. The second-order valence-corrected chi connectivity index (χ2v) is 33.5. The van der Waals surface area contributed by atoms with Crippen LogP contribution in [-0.2, 0) is 33.2 Å². The van der Waals surface area contributed by atoms with Crippen LogP contribution in [0.3, 0.4) is 0 Å². The highest BCUT2D eigenvalue weighted by Crippen LogP contribution is 2.34. The van der Waals surface area contributed by atoms with Crippen LogP contribution in [0.2, 0.25) is 0 Å². The maximum absolute atomic E-state index is 13.5. The summed E-state index contributed by atoms with van der Waals surface area (Å²) in [5.74, 6) is -0.282. The maximum atomic E-state index is 13.5. The van der Waals surface area contributed by atoms with Crippen molar-refractivity contribution in [1.29, 1.82) is 0 Å². The van der Waals surface area contributed by atoms with E-state index in [1.165, 1.54) is 327 Å². The fraction of sp³-hybridized carbons (Fsp3) is 0.903. The van der Waals surface area contributed by atoms with Gasteiger partial charge in [0.1, 0.15) is 73.2 Å². The van der Waals surface area contributed by atoms with Crippen molar-refractivity contribution in [1.82, 2.24) is 5.32 Å². The molecule has 0 spiro atoms. The zero-order valence-corrected chi connectivity index (χ0v) is 71.2. The SMILES string of the molecule is CCCCCCCCCC/C=C\CCCCCCCCCCCCCCCCCCCCCCCCCCCC(=O)NC(COC1OC(CO)C(OC2OC(CO)C(OC3OC(CO)C(O)C(O)C3O)C(O)C2O)C(O)C1O)C(O)/C=C/CC/C=C/CC/C=C/CCCCCCCCCCCCCCCCCCCCCC. The number of hydrogen-bond acceptors (Lipinski definition) is 18. The molecule has 3 saturated heterocycles. The first-order valence-corrected chi connectivity index (χ1v) is 46.9. The highest BCUT2D eigenvalue weighted by molar-refractivity contribution is 5.76. The van der Waals surface area contributed by atoms with Gasteiger partial charge < -0.3 is 89.9 Å². The first kappa shape index (κ1) is 104.